The highest BCUT2D eigenvalue weighted by molar-refractivity contribution is 5.94. The van der Waals surface area contributed by atoms with Crippen LogP contribution in [0.15, 0.2) is 84.9 Å². The summed E-state index contributed by atoms with van der Waals surface area (Å²) in [6, 6.07) is 27.7. The highest BCUT2D eigenvalue weighted by atomic mass is 16.2. The molecule has 158 valence electrons. The summed E-state index contributed by atoms with van der Waals surface area (Å²) in [5.74, 6) is 0.0354. The van der Waals surface area contributed by atoms with Crippen LogP contribution in [0.2, 0.25) is 0 Å². The number of hydrogen-bond donors (Lipinski definition) is 1. The molecule has 2 amide bonds. The molecule has 3 aromatic rings. The number of hydrogen-bond acceptors (Lipinski definition) is 3. The molecule has 31 heavy (non-hydrogen) atoms. The van der Waals surface area contributed by atoms with E-state index >= 15 is 0 Å². The van der Waals surface area contributed by atoms with Crippen molar-refractivity contribution in [2.24, 2.45) is 0 Å². The van der Waals surface area contributed by atoms with Gasteiger partial charge in [0, 0.05) is 38.2 Å². The third-order valence-corrected chi connectivity index (χ3v) is 5.43. The Morgan fingerprint density at radius 2 is 1.45 bits per heavy atom. The second kappa shape index (κ2) is 10.0. The van der Waals surface area contributed by atoms with Crippen LogP contribution >= 0.6 is 0 Å². The highest BCUT2D eigenvalue weighted by Gasteiger charge is 2.20. The first-order chi connectivity index (χ1) is 15.2. The van der Waals surface area contributed by atoms with Gasteiger partial charge in [0.05, 0.1) is 0 Å². The molecule has 1 heterocycles. The van der Waals surface area contributed by atoms with Gasteiger partial charge in [-0.2, -0.15) is 0 Å². The average Bonchev–Trinajstić information content (AvgIpc) is 3.19. The van der Waals surface area contributed by atoms with Crippen molar-refractivity contribution in [1.29, 1.82) is 0 Å². The lowest BCUT2D eigenvalue weighted by molar-refractivity contribution is -0.128. The van der Waals surface area contributed by atoms with Gasteiger partial charge in [-0.05, 0) is 35.2 Å². The molecular formula is C26H27N3O2. The van der Waals surface area contributed by atoms with Crippen molar-refractivity contribution in [3.8, 4) is 0 Å². The molecule has 0 aromatic heterocycles. The maximum Gasteiger partial charge on any atom is 0.265 e. The zero-order valence-corrected chi connectivity index (χ0v) is 17.5. The molecule has 1 aliphatic rings. The lowest BCUT2D eigenvalue weighted by atomic mass is 10.1. The minimum absolute atomic E-state index is 0.151. The predicted octanol–water partition coefficient (Wildman–Crippen LogP) is 4.16. The van der Waals surface area contributed by atoms with Gasteiger partial charge in [0.25, 0.3) is 5.91 Å². The lowest BCUT2D eigenvalue weighted by Gasteiger charge is -2.24. The van der Waals surface area contributed by atoms with Crippen LogP contribution in [0.3, 0.4) is 0 Å². The Bertz CT molecular complexity index is 980. The van der Waals surface area contributed by atoms with Crippen molar-refractivity contribution in [1.82, 2.24) is 15.3 Å². The number of hydrazine groups is 1. The number of nitrogens with one attached hydrogen (secondary N) is 1. The van der Waals surface area contributed by atoms with Gasteiger partial charge in [-0.3, -0.25) is 15.0 Å². The van der Waals surface area contributed by atoms with Gasteiger partial charge in [0.1, 0.15) is 0 Å². The van der Waals surface area contributed by atoms with Crippen molar-refractivity contribution in [2.75, 3.05) is 6.54 Å². The third-order valence-electron chi connectivity index (χ3n) is 5.43. The predicted molar refractivity (Wildman–Crippen MR) is 121 cm³/mol. The molecule has 1 aliphatic heterocycles. The molecule has 1 saturated heterocycles. The van der Waals surface area contributed by atoms with Gasteiger partial charge < -0.3 is 4.90 Å². The number of rotatable bonds is 8. The van der Waals surface area contributed by atoms with E-state index in [9.17, 15) is 9.59 Å². The van der Waals surface area contributed by atoms with Gasteiger partial charge in [0.15, 0.2) is 0 Å². The first-order valence-corrected chi connectivity index (χ1v) is 10.7. The summed E-state index contributed by atoms with van der Waals surface area (Å²) in [6.07, 6.45) is 1.53. The van der Waals surface area contributed by atoms with Crippen LogP contribution < -0.4 is 5.43 Å². The minimum Gasteiger partial charge on any atom is -0.338 e. The highest BCUT2D eigenvalue weighted by Crippen LogP contribution is 2.16. The molecule has 0 bridgehead atoms. The molecule has 1 fully saturated rings. The Hall–Kier alpha value is -3.44. The van der Waals surface area contributed by atoms with E-state index in [4.69, 9.17) is 0 Å². The van der Waals surface area contributed by atoms with E-state index in [2.05, 4.69) is 29.7 Å². The molecule has 4 rings (SSSR count). The lowest BCUT2D eigenvalue weighted by Crippen LogP contribution is -2.41. The maximum absolute atomic E-state index is 13.1. The van der Waals surface area contributed by atoms with E-state index in [1.165, 1.54) is 0 Å². The normalized spacial score (nSPS) is 13.6. The van der Waals surface area contributed by atoms with Crippen LogP contribution in [0.25, 0.3) is 0 Å². The van der Waals surface area contributed by atoms with Crippen molar-refractivity contribution in [3.63, 3.8) is 0 Å². The van der Waals surface area contributed by atoms with E-state index in [-0.39, 0.29) is 11.8 Å². The van der Waals surface area contributed by atoms with E-state index in [0.717, 1.165) is 29.7 Å². The van der Waals surface area contributed by atoms with Gasteiger partial charge in [-0.25, -0.2) is 5.01 Å². The molecule has 0 atom stereocenters. The van der Waals surface area contributed by atoms with Crippen LogP contribution in [-0.2, 0) is 24.4 Å². The first-order valence-electron chi connectivity index (χ1n) is 10.7. The zero-order chi connectivity index (χ0) is 21.5. The molecular weight excluding hydrogens is 386 g/mol. The minimum atomic E-state index is -0.151. The zero-order valence-electron chi connectivity index (χ0n) is 17.5. The van der Waals surface area contributed by atoms with Crippen LogP contribution in [0, 0.1) is 0 Å². The monoisotopic (exact) mass is 413 g/mol. The summed E-state index contributed by atoms with van der Waals surface area (Å²) >= 11 is 0. The van der Waals surface area contributed by atoms with Crippen LogP contribution in [-0.4, -0.2) is 28.3 Å². The van der Waals surface area contributed by atoms with Crippen LogP contribution in [0.5, 0.6) is 0 Å². The summed E-state index contributed by atoms with van der Waals surface area (Å²) < 4.78 is 0. The number of carbonyl (C=O) groups is 2. The fourth-order valence-corrected chi connectivity index (χ4v) is 3.85. The van der Waals surface area contributed by atoms with Crippen molar-refractivity contribution in [3.05, 3.63) is 107 Å². The number of benzene rings is 3. The second-order valence-corrected chi connectivity index (χ2v) is 7.89. The number of carbonyl (C=O) groups excluding carboxylic acids is 2. The van der Waals surface area contributed by atoms with Crippen molar-refractivity contribution < 1.29 is 9.59 Å². The van der Waals surface area contributed by atoms with E-state index in [1.807, 2.05) is 70.6 Å². The molecule has 1 N–H and O–H groups in total. The summed E-state index contributed by atoms with van der Waals surface area (Å²) in [7, 11) is 0. The summed E-state index contributed by atoms with van der Waals surface area (Å²) in [4.78, 5) is 26.8. The molecule has 0 saturated carbocycles. The quantitative estimate of drug-likeness (QED) is 0.565. The molecule has 5 nitrogen and oxygen atoms in total. The van der Waals surface area contributed by atoms with Crippen molar-refractivity contribution in [2.45, 2.75) is 32.5 Å². The Morgan fingerprint density at radius 1 is 0.839 bits per heavy atom. The largest absolute Gasteiger partial charge is 0.338 e. The Kier molecular flexibility index (Phi) is 6.75. The molecule has 0 unspecified atom stereocenters. The molecule has 0 spiro atoms. The number of nitrogens with zero attached hydrogens (tertiary/aromatic N) is 2. The smallest absolute Gasteiger partial charge is 0.265 e. The van der Waals surface area contributed by atoms with E-state index < -0.39 is 0 Å². The summed E-state index contributed by atoms with van der Waals surface area (Å²) in [6.45, 7) is 2.54. The third kappa shape index (κ3) is 5.80. The standard InChI is InChI=1S/C26H27N3O2/c30-25-15-8-16-28(25)18-23-13-7-14-24(17-23)26(31)27-29(19-21-9-3-1-4-10-21)20-22-11-5-2-6-12-22/h1-7,9-14,17H,8,15-16,18-20H2,(H,27,31). The van der Waals surface area contributed by atoms with Gasteiger partial charge >= 0.3 is 0 Å². The Balaban J connectivity index is 1.47. The summed E-state index contributed by atoms with van der Waals surface area (Å²) in [5.41, 5.74) is 6.89. The van der Waals surface area contributed by atoms with Gasteiger partial charge in [-0.15, -0.1) is 0 Å². The van der Waals surface area contributed by atoms with Gasteiger partial charge in [-0.1, -0.05) is 72.8 Å². The molecule has 0 aliphatic carbocycles. The second-order valence-electron chi connectivity index (χ2n) is 7.89. The fraction of sp³-hybridized carbons (Fsp3) is 0.231. The number of likely N-dealkylation sites (tertiary alicyclic amines) is 1. The first kappa shape index (κ1) is 20.8. The van der Waals surface area contributed by atoms with Crippen molar-refractivity contribution >= 4 is 11.8 Å². The summed E-state index contributed by atoms with van der Waals surface area (Å²) in [5, 5.41) is 1.93. The Morgan fingerprint density at radius 3 is 2.03 bits per heavy atom. The number of amides is 2. The SMILES string of the molecule is O=C(NN(Cc1ccccc1)Cc1ccccc1)c1cccc(CN2CCCC2=O)c1. The topological polar surface area (TPSA) is 52.7 Å². The van der Waals surface area contributed by atoms with Gasteiger partial charge in [0.2, 0.25) is 5.91 Å². The molecule has 3 aromatic carbocycles. The fourth-order valence-electron chi connectivity index (χ4n) is 3.85. The Labute approximate surface area is 183 Å². The molecule has 0 radical (unpaired) electrons. The van der Waals surface area contributed by atoms with E-state index in [0.29, 0.717) is 31.6 Å². The van der Waals surface area contributed by atoms with E-state index in [1.54, 1.807) is 0 Å². The maximum atomic E-state index is 13.1. The van der Waals surface area contributed by atoms with Crippen LogP contribution in [0.4, 0.5) is 0 Å². The van der Waals surface area contributed by atoms with Crippen LogP contribution in [0.1, 0.15) is 39.9 Å². The molecule has 5 heteroatoms. The average molecular weight is 414 g/mol.